The molecule has 2 fully saturated rings. The first-order chi connectivity index (χ1) is 15.7. The van der Waals surface area contributed by atoms with Gasteiger partial charge in [0.2, 0.25) is 0 Å². The third kappa shape index (κ3) is 7.20. The zero-order valence-corrected chi connectivity index (χ0v) is 19.7. The first kappa shape index (κ1) is 24.5. The van der Waals surface area contributed by atoms with Gasteiger partial charge in [0.15, 0.2) is 0 Å². The smallest absolute Gasteiger partial charge is 0.319 e. The van der Waals surface area contributed by atoms with Crippen LogP contribution in [0.2, 0.25) is 5.02 Å². The van der Waals surface area contributed by atoms with E-state index in [4.69, 9.17) is 22.1 Å². The number of anilines is 1. The molecular weight excluding hydrogens is 436 g/mol. The zero-order valence-electron chi connectivity index (χ0n) is 19.0. The average molecular weight is 465 g/mol. The van der Waals surface area contributed by atoms with Crippen LogP contribution in [0.4, 0.5) is 10.5 Å². The highest BCUT2D eigenvalue weighted by Gasteiger charge is 2.38. The normalized spacial score (nSPS) is 17.6. The molecule has 0 aliphatic carbocycles. The minimum Gasteiger partial charge on any atom is -0.334 e. The van der Waals surface area contributed by atoms with Gasteiger partial charge in [-0.1, -0.05) is 35.9 Å². The summed E-state index contributed by atoms with van der Waals surface area (Å²) >= 11 is 5.84. The molecule has 172 valence electrons. The summed E-state index contributed by atoms with van der Waals surface area (Å²) in [5.41, 5.74) is 2.65. The fourth-order valence-electron chi connectivity index (χ4n) is 3.61. The molecule has 2 aromatic carbocycles. The minimum absolute atomic E-state index is 0.0417. The van der Waals surface area contributed by atoms with Gasteiger partial charge in [0.1, 0.15) is 0 Å². The number of carbonyl (C=O) groups excluding carboxylic acids is 1. The van der Waals surface area contributed by atoms with Crippen molar-refractivity contribution in [2.75, 3.05) is 31.5 Å². The van der Waals surface area contributed by atoms with E-state index in [0.717, 1.165) is 49.5 Å². The lowest BCUT2D eigenvalue weighted by atomic mass is 9.83. The van der Waals surface area contributed by atoms with Gasteiger partial charge >= 0.3 is 6.03 Å². The molecule has 0 unspecified atom stereocenters. The predicted octanol–water partition coefficient (Wildman–Crippen LogP) is 4.13. The maximum atomic E-state index is 12.0. The first-order valence-electron chi connectivity index (χ1n) is 10.9. The Morgan fingerprint density at radius 1 is 1.00 bits per heavy atom. The van der Waals surface area contributed by atoms with Crippen molar-refractivity contribution in [2.24, 2.45) is 10.8 Å². The van der Waals surface area contributed by atoms with Gasteiger partial charge in [0.25, 0.3) is 0 Å². The number of nitrogens with one attached hydrogen (secondary N) is 3. The number of likely N-dealkylation sites (tertiary alicyclic amines) is 1. The predicted molar refractivity (Wildman–Crippen MR) is 129 cm³/mol. The molecule has 0 radical (unpaired) electrons. The van der Waals surface area contributed by atoms with E-state index in [1.807, 2.05) is 50.2 Å². The van der Waals surface area contributed by atoms with Crippen molar-refractivity contribution in [3.8, 4) is 12.1 Å². The van der Waals surface area contributed by atoms with Crippen LogP contribution in [0, 0.1) is 33.5 Å². The summed E-state index contributed by atoms with van der Waals surface area (Å²) in [6.07, 6.45) is 0. The Balaban J connectivity index is 0.000000374. The molecule has 2 heterocycles. The van der Waals surface area contributed by atoms with Crippen LogP contribution in [-0.4, -0.2) is 37.1 Å². The van der Waals surface area contributed by atoms with Crippen LogP contribution in [0.25, 0.3) is 0 Å². The number of urea groups is 1. The third-order valence-electron chi connectivity index (χ3n) is 5.70. The molecule has 0 aromatic heterocycles. The second kappa shape index (κ2) is 10.7. The fraction of sp³-hybridized carbons (Fsp3) is 0.400. The topological polar surface area (TPSA) is 104 Å². The monoisotopic (exact) mass is 464 g/mol. The van der Waals surface area contributed by atoms with Crippen molar-refractivity contribution >= 4 is 23.3 Å². The molecule has 33 heavy (non-hydrogen) atoms. The molecule has 2 saturated heterocycles. The van der Waals surface area contributed by atoms with Gasteiger partial charge in [0, 0.05) is 50.0 Å². The number of nitrogens with zero attached hydrogens (tertiary/aromatic N) is 3. The van der Waals surface area contributed by atoms with Crippen LogP contribution in [0.5, 0.6) is 0 Å². The van der Waals surface area contributed by atoms with Crippen LogP contribution in [0.15, 0.2) is 48.5 Å². The van der Waals surface area contributed by atoms with E-state index in [1.165, 1.54) is 0 Å². The summed E-state index contributed by atoms with van der Waals surface area (Å²) < 4.78 is 0. The maximum absolute atomic E-state index is 12.0. The summed E-state index contributed by atoms with van der Waals surface area (Å²) in [5.74, 6) is 0. The summed E-state index contributed by atoms with van der Waals surface area (Å²) in [5, 5.41) is 26.7. The number of nitriles is 2. The Kier molecular flexibility index (Phi) is 7.94. The number of carbonyl (C=O) groups is 1. The van der Waals surface area contributed by atoms with Crippen molar-refractivity contribution in [2.45, 2.75) is 26.9 Å². The summed E-state index contributed by atoms with van der Waals surface area (Å²) in [4.78, 5) is 14.2. The van der Waals surface area contributed by atoms with Gasteiger partial charge in [-0.15, -0.1) is 0 Å². The first-order valence-corrected chi connectivity index (χ1v) is 11.2. The minimum atomic E-state index is -0.250. The lowest BCUT2D eigenvalue weighted by Gasteiger charge is -2.43. The zero-order chi connectivity index (χ0) is 23.9. The summed E-state index contributed by atoms with van der Waals surface area (Å²) in [6, 6.07) is 19.4. The molecule has 2 aliphatic rings. The third-order valence-corrected chi connectivity index (χ3v) is 5.95. The van der Waals surface area contributed by atoms with E-state index in [0.29, 0.717) is 11.6 Å². The molecule has 7 nitrogen and oxygen atoms in total. The molecule has 0 atom stereocenters. The molecular formula is C25H29ClN6O. The van der Waals surface area contributed by atoms with Crippen molar-refractivity contribution in [3.05, 3.63) is 64.7 Å². The number of hydrogen-bond acceptors (Lipinski definition) is 5. The van der Waals surface area contributed by atoms with Crippen LogP contribution >= 0.6 is 11.6 Å². The van der Waals surface area contributed by atoms with E-state index in [1.54, 1.807) is 12.1 Å². The van der Waals surface area contributed by atoms with Crippen molar-refractivity contribution in [1.82, 2.24) is 15.5 Å². The molecule has 0 saturated carbocycles. The second-order valence-corrected chi connectivity index (χ2v) is 9.66. The highest BCUT2D eigenvalue weighted by atomic mass is 35.5. The van der Waals surface area contributed by atoms with Gasteiger partial charge in [-0.2, -0.15) is 10.5 Å². The largest absolute Gasteiger partial charge is 0.334 e. The molecule has 2 aromatic rings. The maximum Gasteiger partial charge on any atom is 0.319 e. The number of rotatable bonds is 5. The Hall–Kier alpha value is -3.10. The second-order valence-electron chi connectivity index (χ2n) is 9.22. The summed E-state index contributed by atoms with van der Waals surface area (Å²) in [6.45, 7) is 8.54. The molecule has 2 aliphatic heterocycles. The van der Waals surface area contributed by atoms with Crippen LogP contribution in [0.1, 0.15) is 25.0 Å². The van der Waals surface area contributed by atoms with Gasteiger partial charge in [-0.05, 0) is 49.2 Å². The van der Waals surface area contributed by atoms with Crippen molar-refractivity contribution in [3.63, 3.8) is 0 Å². The SMILES string of the molecule is CC1(C#N)CN(Cc2ccc(NC(=O)NCc3ccc(Cl)cc3)cc2)C1.CC1(C#N)CNC1. The van der Waals surface area contributed by atoms with Gasteiger partial charge in [-0.25, -0.2) is 4.79 Å². The van der Waals surface area contributed by atoms with Gasteiger partial charge < -0.3 is 16.0 Å². The van der Waals surface area contributed by atoms with Crippen molar-refractivity contribution < 1.29 is 4.79 Å². The number of amides is 2. The van der Waals surface area contributed by atoms with Crippen LogP contribution < -0.4 is 16.0 Å². The molecule has 4 rings (SSSR count). The lowest BCUT2D eigenvalue weighted by Crippen LogP contribution is -2.53. The Morgan fingerprint density at radius 2 is 1.58 bits per heavy atom. The molecule has 8 heteroatoms. The highest BCUT2D eigenvalue weighted by molar-refractivity contribution is 6.30. The van der Waals surface area contributed by atoms with E-state index >= 15 is 0 Å². The fourth-order valence-corrected chi connectivity index (χ4v) is 3.74. The van der Waals surface area contributed by atoms with Gasteiger partial charge in [0.05, 0.1) is 23.0 Å². The van der Waals surface area contributed by atoms with E-state index in [9.17, 15) is 4.79 Å². The van der Waals surface area contributed by atoms with E-state index in [-0.39, 0.29) is 16.9 Å². The standard InChI is InChI=1S/C20H21ClN4O.C5H8N2/c1-20(12-22)13-25(14-20)11-16-4-8-18(9-5-16)24-19(26)23-10-15-2-6-17(21)7-3-15;1-5(2-6)3-7-4-5/h2-9H,10-11,13-14H2,1H3,(H2,23,24,26);7H,3-4H2,1H3. The van der Waals surface area contributed by atoms with Gasteiger partial charge in [-0.3, -0.25) is 4.90 Å². The Morgan fingerprint density at radius 3 is 2.06 bits per heavy atom. The highest BCUT2D eigenvalue weighted by Crippen LogP contribution is 2.30. The Bertz CT molecular complexity index is 1030. The van der Waals surface area contributed by atoms with Crippen molar-refractivity contribution in [1.29, 1.82) is 10.5 Å². The van der Waals surface area contributed by atoms with E-state index in [2.05, 4.69) is 33.0 Å². The molecule has 2 amide bonds. The van der Waals surface area contributed by atoms with Crippen LogP contribution in [-0.2, 0) is 13.1 Å². The quantitative estimate of drug-likeness (QED) is 0.617. The lowest BCUT2D eigenvalue weighted by molar-refractivity contribution is 0.0530. The number of benzene rings is 2. The number of hydrogen-bond donors (Lipinski definition) is 3. The Labute approximate surface area is 200 Å². The van der Waals surface area contributed by atoms with E-state index < -0.39 is 0 Å². The number of halogens is 1. The average Bonchev–Trinajstić information content (AvgIpc) is 2.77. The van der Waals surface area contributed by atoms with Crippen LogP contribution in [0.3, 0.4) is 0 Å². The molecule has 3 N–H and O–H groups in total. The molecule has 0 spiro atoms. The summed E-state index contributed by atoms with van der Waals surface area (Å²) in [7, 11) is 0. The molecule has 0 bridgehead atoms.